The minimum absolute atomic E-state index is 0.106. The molecule has 0 radical (unpaired) electrons. The van der Waals surface area contributed by atoms with Crippen LogP contribution in [-0.4, -0.2) is 51.1 Å². The second kappa shape index (κ2) is 9.49. The van der Waals surface area contributed by atoms with Crippen molar-refractivity contribution in [3.8, 4) is 0 Å². The number of para-hydroxylation sites is 1. The maximum absolute atomic E-state index is 13.1. The Morgan fingerprint density at radius 2 is 1.41 bits per heavy atom. The molecule has 34 heavy (non-hydrogen) atoms. The molecule has 0 spiro atoms. The van der Waals surface area contributed by atoms with Gasteiger partial charge in [0.15, 0.2) is 0 Å². The van der Waals surface area contributed by atoms with Crippen molar-refractivity contribution in [2.24, 2.45) is 0 Å². The second-order valence-corrected chi connectivity index (χ2v) is 9.60. The first kappa shape index (κ1) is 23.8. The van der Waals surface area contributed by atoms with E-state index in [0.29, 0.717) is 43.5 Å². The van der Waals surface area contributed by atoms with Gasteiger partial charge in [-0.15, -0.1) is 0 Å². The molecule has 0 bridgehead atoms. The second-order valence-electron chi connectivity index (χ2n) is 7.73. The summed E-state index contributed by atoms with van der Waals surface area (Å²) in [5, 5.41) is 0. The first-order valence-electron chi connectivity index (χ1n) is 10.8. The highest BCUT2D eigenvalue weighted by Gasteiger charge is 2.31. The predicted octanol–water partition coefficient (Wildman–Crippen LogP) is 4.04. The van der Waals surface area contributed by atoms with E-state index in [1.54, 1.807) is 43.3 Å². The number of nitrogens with zero attached hydrogens (tertiary/aromatic N) is 5. The average Bonchev–Trinajstić information content (AvgIpc) is 2.85. The van der Waals surface area contributed by atoms with Gasteiger partial charge in [-0.2, -0.15) is 13.2 Å². The monoisotopic (exact) mass is 491 g/mol. The van der Waals surface area contributed by atoms with Crippen molar-refractivity contribution in [3.63, 3.8) is 0 Å². The number of sulfonamides is 1. The van der Waals surface area contributed by atoms with Crippen LogP contribution in [0.3, 0.4) is 0 Å². The molecule has 0 unspecified atom stereocenters. The van der Waals surface area contributed by atoms with Crippen molar-refractivity contribution >= 4 is 27.3 Å². The molecule has 1 aromatic carbocycles. The minimum atomic E-state index is -4.41. The third kappa shape index (κ3) is 4.93. The van der Waals surface area contributed by atoms with Crippen molar-refractivity contribution in [2.75, 3.05) is 46.8 Å². The molecule has 1 saturated heterocycles. The van der Waals surface area contributed by atoms with Crippen LogP contribution in [0.5, 0.6) is 0 Å². The van der Waals surface area contributed by atoms with Gasteiger partial charge in [-0.05, 0) is 43.3 Å². The van der Waals surface area contributed by atoms with E-state index in [0.717, 1.165) is 12.3 Å². The zero-order chi connectivity index (χ0) is 24.3. The van der Waals surface area contributed by atoms with Gasteiger partial charge < -0.3 is 9.80 Å². The van der Waals surface area contributed by atoms with Gasteiger partial charge in [-0.1, -0.05) is 18.2 Å². The molecule has 1 aliphatic heterocycles. The summed E-state index contributed by atoms with van der Waals surface area (Å²) in [6.45, 7) is 4.32. The Hall–Kier alpha value is -3.34. The van der Waals surface area contributed by atoms with Crippen LogP contribution in [0.4, 0.5) is 30.5 Å². The maximum atomic E-state index is 13.1. The zero-order valence-corrected chi connectivity index (χ0v) is 19.3. The fourth-order valence-electron chi connectivity index (χ4n) is 3.83. The molecular formula is C23H24F3N5O2S. The molecule has 3 aromatic rings. The van der Waals surface area contributed by atoms with Crippen LogP contribution in [0.15, 0.2) is 71.9 Å². The average molecular weight is 492 g/mol. The van der Waals surface area contributed by atoms with Gasteiger partial charge in [-0.3, -0.25) is 4.31 Å². The van der Waals surface area contributed by atoms with Gasteiger partial charge in [0, 0.05) is 45.1 Å². The molecule has 11 heteroatoms. The number of aromatic nitrogens is 2. The number of benzene rings is 1. The van der Waals surface area contributed by atoms with Crippen LogP contribution in [0.2, 0.25) is 0 Å². The van der Waals surface area contributed by atoms with E-state index in [1.165, 1.54) is 16.6 Å². The van der Waals surface area contributed by atoms with Crippen LogP contribution in [0.1, 0.15) is 12.5 Å². The molecule has 7 nitrogen and oxygen atoms in total. The maximum Gasteiger partial charge on any atom is 0.417 e. The lowest BCUT2D eigenvalue weighted by Gasteiger charge is -2.36. The lowest BCUT2D eigenvalue weighted by Crippen LogP contribution is -2.47. The molecule has 0 N–H and O–H groups in total. The van der Waals surface area contributed by atoms with Crippen molar-refractivity contribution in [1.82, 2.24) is 9.97 Å². The van der Waals surface area contributed by atoms with Crippen LogP contribution < -0.4 is 14.1 Å². The fourth-order valence-corrected chi connectivity index (χ4v) is 5.25. The standard InChI is InChI=1S/C23H24F3N5O2S/c1-2-31(19-6-4-3-5-7-19)34(32,33)20-9-11-22(28-17-20)30-14-12-29(13-15-30)21-10-8-18(16-27-21)23(24,25)26/h3-11,16-17H,2,12-15H2,1H3. The van der Waals surface area contributed by atoms with Gasteiger partial charge in [0.05, 0.1) is 11.3 Å². The Kier molecular flexibility index (Phi) is 6.65. The quantitative estimate of drug-likeness (QED) is 0.519. The molecule has 2 aromatic heterocycles. The summed E-state index contributed by atoms with van der Waals surface area (Å²) in [7, 11) is -3.75. The summed E-state index contributed by atoms with van der Waals surface area (Å²) in [5.74, 6) is 1.13. The molecule has 1 aliphatic rings. The molecule has 0 saturated carbocycles. The predicted molar refractivity (Wildman–Crippen MR) is 125 cm³/mol. The summed E-state index contributed by atoms with van der Waals surface area (Å²) >= 11 is 0. The SMILES string of the molecule is CCN(c1ccccc1)S(=O)(=O)c1ccc(N2CCN(c3ccc(C(F)(F)F)cn3)CC2)nc1. The van der Waals surface area contributed by atoms with Gasteiger partial charge in [-0.25, -0.2) is 18.4 Å². The summed E-state index contributed by atoms with van der Waals surface area (Å²) < 4.78 is 65.8. The molecule has 0 aliphatic carbocycles. The number of halogens is 3. The topological polar surface area (TPSA) is 69.6 Å². The van der Waals surface area contributed by atoms with Crippen LogP contribution in [-0.2, 0) is 16.2 Å². The van der Waals surface area contributed by atoms with Gasteiger partial charge >= 0.3 is 6.18 Å². The largest absolute Gasteiger partial charge is 0.417 e. The summed E-state index contributed by atoms with van der Waals surface area (Å²) in [6.07, 6.45) is -2.21. The molecule has 0 atom stereocenters. The van der Waals surface area contributed by atoms with E-state index >= 15 is 0 Å². The fraction of sp³-hybridized carbons (Fsp3) is 0.304. The van der Waals surface area contributed by atoms with Crippen molar-refractivity contribution in [3.05, 3.63) is 72.6 Å². The molecule has 3 heterocycles. The number of hydrogen-bond acceptors (Lipinski definition) is 6. The highest BCUT2D eigenvalue weighted by atomic mass is 32.2. The summed E-state index contributed by atoms with van der Waals surface area (Å²) in [4.78, 5) is 12.4. The third-order valence-electron chi connectivity index (χ3n) is 5.64. The van der Waals surface area contributed by atoms with E-state index in [4.69, 9.17) is 0 Å². The molecule has 1 fully saturated rings. The number of alkyl halides is 3. The van der Waals surface area contributed by atoms with Crippen LogP contribution >= 0.6 is 0 Å². The smallest absolute Gasteiger partial charge is 0.353 e. The van der Waals surface area contributed by atoms with Gasteiger partial charge in [0.2, 0.25) is 0 Å². The highest BCUT2D eigenvalue weighted by Crippen LogP contribution is 2.30. The highest BCUT2D eigenvalue weighted by molar-refractivity contribution is 7.92. The van der Waals surface area contributed by atoms with Crippen molar-refractivity contribution < 1.29 is 21.6 Å². The molecule has 0 amide bonds. The van der Waals surface area contributed by atoms with E-state index in [9.17, 15) is 21.6 Å². The first-order valence-corrected chi connectivity index (χ1v) is 12.2. The number of anilines is 3. The van der Waals surface area contributed by atoms with E-state index in [1.807, 2.05) is 15.9 Å². The minimum Gasteiger partial charge on any atom is -0.353 e. The number of pyridine rings is 2. The first-order chi connectivity index (χ1) is 16.2. The Morgan fingerprint density at radius 1 is 0.853 bits per heavy atom. The lowest BCUT2D eigenvalue weighted by molar-refractivity contribution is -0.137. The summed E-state index contributed by atoms with van der Waals surface area (Å²) in [5.41, 5.74) is -0.190. The van der Waals surface area contributed by atoms with Crippen LogP contribution in [0.25, 0.3) is 0 Å². The van der Waals surface area contributed by atoms with E-state index < -0.39 is 21.8 Å². The normalized spacial score (nSPS) is 14.8. The molecule has 4 rings (SSSR count). The van der Waals surface area contributed by atoms with E-state index in [-0.39, 0.29) is 11.4 Å². The van der Waals surface area contributed by atoms with Gasteiger partial charge in [0.25, 0.3) is 10.0 Å². The summed E-state index contributed by atoms with van der Waals surface area (Å²) in [6, 6.07) is 14.5. The Morgan fingerprint density at radius 3 is 1.85 bits per heavy atom. The Balaban J connectivity index is 1.42. The van der Waals surface area contributed by atoms with Crippen molar-refractivity contribution in [1.29, 1.82) is 0 Å². The Labute approximate surface area is 196 Å². The zero-order valence-electron chi connectivity index (χ0n) is 18.5. The Bertz CT molecular complexity index is 1200. The van der Waals surface area contributed by atoms with Crippen LogP contribution in [0, 0.1) is 0 Å². The number of piperazine rings is 1. The number of hydrogen-bond donors (Lipinski definition) is 0. The van der Waals surface area contributed by atoms with Gasteiger partial charge in [0.1, 0.15) is 16.5 Å². The lowest BCUT2D eigenvalue weighted by atomic mass is 10.2. The number of rotatable bonds is 6. The molecule has 180 valence electrons. The third-order valence-corrected chi connectivity index (χ3v) is 7.53. The molecular weight excluding hydrogens is 467 g/mol. The van der Waals surface area contributed by atoms with E-state index in [2.05, 4.69) is 9.97 Å². The van der Waals surface area contributed by atoms with Crippen molar-refractivity contribution in [2.45, 2.75) is 18.0 Å².